The lowest BCUT2D eigenvalue weighted by molar-refractivity contribution is 0.0832. The fraction of sp³-hybridized carbons (Fsp3) is 0.524. The lowest BCUT2D eigenvalue weighted by atomic mass is 9.92. The van der Waals surface area contributed by atoms with Gasteiger partial charge in [0, 0.05) is 31.2 Å². The van der Waals surface area contributed by atoms with Crippen molar-refractivity contribution in [3.63, 3.8) is 0 Å². The minimum atomic E-state index is 0. The Kier molecular flexibility index (Phi) is 9.99. The molecule has 0 amide bonds. The molecule has 2 aromatic heterocycles. The zero-order chi connectivity index (χ0) is 18.9. The van der Waals surface area contributed by atoms with Crippen molar-refractivity contribution in [2.24, 2.45) is 0 Å². The second-order valence-corrected chi connectivity index (χ2v) is 7.32. The Balaban J connectivity index is 0.000000264. The average Bonchev–Trinajstić information content (AvgIpc) is 2.73. The second-order valence-electron chi connectivity index (χ2n) is 6.96. The van der Waals surface area contributed by atoms with E-state index in [-0.39, 0.29) is 12.4 Å². The number of nitrogens with zero attached hydrogens (tertiary/aromatic N) is 2. The van der Waals surface area contributed by atoms with Crippen LogP contribution in [0.15, 0.2) is 36.7 Å². The van der Waals surface area contributed by atoms with Gasteiger partial charge in [-0.05, 0) is 69.3 Å². The Bertz CT molecular complexity index is 685. The van der Waals surface area contributed by atoms with Crippen molar-refractivity contribution >= 4 is 24.0 Å². The largest absolute Gasteiger partial charge is 0.474 e. The number of hydrogen-bond acceptors (Lipinski definition) is 5. The van der Waals surface area contributed by atoms with E-state index in [4.69, 9.17) is 21.1 Å². The molecule has 4 rings (SSSR count). The van der Waals surface area contributed by atoms with Crippen molar-refractivity contribution in [2.45, 2.75) is 44.6 Å². The molecule has 5 nitrogen and oxygen atoms in total. The first-order valence-corrected chi connectivity index (χ1v) is 10.1. The maximum atomic E-state index is 6.15. The zero-order valence-electron chi connectivity index (χ0n) is 16.3. The summed E-state index contributed by atoms with van der Waals surface area (Å²) >= 11 is 5.60. The first-order valence-electron chi connectivity index (χ1n) is 9.71. The number of rotatable bonds is 3. The number of pyridine rings is 2. The van der Waals surface area contributed by atoms with Crippen molar-refractivity contribution < 1.29 is 9.47 Å². The SMILES string of the molecule is Cc1cccnc1Cl.Cl.c1cnc(OC2CCNCC2)c(C2CCOCC2)c1. The molecule has 2 saturated heterocycles. The molecule has 2 fully saturated rings. The Morgan fingerprint density at radius 2 is 1.71 bits per heavy atom. The van der Waals surface area contributed by atoms with E-state index >= 15 is 0 Å². The predicted molar refractivity (Wildman–Crippen MR) is 115 cm³/mol. The van der Waals surface area contributed by atoms with Crippen LogP contribution in [0.5, 0.6) is 5.88 Å². The van der Waals surface area contributed by atoms with E-state index in [0.29, 0.717) is 17.2 Å². The molecule has 0 unspecified atom stereocenters. The van der Waals surface area contributed by atoms with E-state index < -0.39 is 0 Å². The lowest BCUT2D eigenvalue weighted by Crippen LogP contribution is -2.34. The first-order chi connectivity index (χ1) is 13.2. The molecule has 2 aliphatic heterocycles. The standard InChI is InChI=1S/C15H22N2O2.C6H6ClN.ClH/c1-2-14(12-5-10-18-11-6-12)15(17-7-1)19-13-3-8-16-9-4-13;1-5-3-2-4-8-6(5)7;/h1-2,7,12-13,16H,3-6,8-11H2;2-4H,1H3;1H. The van der Waals surface area contributed by atoms with Crippen molar-refractivity contribution in [3.8, 4) is 5.88 Å². The summed E-state index contributed by atoms with van der Waals surface area (Å²) in [5, 5.41) is 3.95. The van der Waals surface area contributed by atoms with Crippen molar-refractivity contribution in [1.82, 2.24) is 15.3 Å². The van der Waals surface area contributed by atoms with Crippen LogP contribution >= 0.6 is 24.0 Å². The van der Waals surface area contributed by atoms with Gasteiger partial charge < -0.3 is 14.8 Å². The van der Waals surface area contributed by atoms with Gasteiger partial charge in [-0.1, -0.05) is 23.7 Å². The van der Waals surface area contributed by atoms with Crippen LogP contribution in [0, 0.1) is 6.92 Å². The minimum Gasteiger partial charge on any atom is -0.474 e. The molecule has 2 aliphatic rings. The third-order valence-electron chi connectivity index (χ3n) is 4.97. The van der Waals surface area contributed by atoms with Gasteiger partial charge in [0.2, 0.25) is 5.88 Å². The van der Waals surface area contributed by atoms with Gasteiger partial charge in [-0.3, -0.25) is 0 Å². The van der Waals surface area contributed by atoms with Gasteiger partial charge in [0.15, 0.2) is 0 Å². The molecule has 0 spiro atoms. The van der Waals surface area contributed by atoms with Crippen LogP contribution in [0.1, 0.15) is 42.7 Å². The molecule has 4 heterocycles. The summed E-state index contributed by atoms with van der Waals surface area (Å²) in [7, 11) is 0. The summed E-state index contributed by atoms with van der Waals surface area (Å²) in [6.45, 7) is 5.72. The third-order valence-corrected chi connectivity index (χ3v) is 5.37. The van der Waals surface area contributed by atoms with Gasteiger partial charge in [0.1, 0.15) is 11.3 Å². The molecule has 0 radical (unpaired) electrons. The highest BCUT2D eigenvalue weighted by Gasteiger charge is 2.22. The third kappa shape index (κ3) is 6.89. The molecule has 0 aliphatic carbocycles. The van der Waals surface area contributed by atoms with Crippen molar-refractivity contribution in [2.75, 3.05) is 26.3 Å². The van der Waals surface area contributed by atoms with Gasteiger partial charge in [-0.15, -0.1) is 12.4 Å². The first kappa shape index (κ1) is 22.9. The molecular formula is C21H29Cl2N3O2. The fourth-order valence-corrected chi connectivity index (χ4v) is 3.48. The van der Waals surface area contributed by atoms with Gasteiger partial charge in [0.25, 0.3) is 0 Å². The molecule has 7 heteroatoms. The molecule has 154 valence electrons. The highest BCUT2D eigenvalue weighted by atomic mass is 35.5. The maximum Gasteiger partial charge on any atom is 0.217 e. The molecule has 0 saturated carbocycles. The van der Waals surface area contributed by atoms with Gasteiger partial charge in [-0.25, -0.2) is 9.97 Å². The van der Waals surface area contributed by atoms with Crippen LogP contribution in [0.2, 0.25) is 5.15 Å². The highest BCUT2D eigenvalue weighted by molar-refractivity contribution is 6.30. The van der Waals surface area contributed by atoms with Crippen molar-refractivity contribution in [3.05, 3.63) is 52.9 Å². The van der Waals surface area contributed by atoms with Crippen LogP contribution in [0.25, 0.3) is 0 Å². The highest BCUT2D eigenvalue weighted by Crippen LogP contribution is 2.33. The Morgan fingerprint density at radius 3 is 2.36 bits per heavy atom. The smallest absolute Gasteiger partial charge is 0.217 e. The van der Waals surface area contributed by atoms with E-state index in [2.05, 4.69) is 21.4 Å². The van der Waals surface area contributed by atoms with E-state index in [0.717, 1.165) is 63.4 Å². The lowest BCUT2D eigenvalue weighted by Gasteiger charge is -2.27. The minimum absolute atomic E-state index is 0. The van der Waals surface area contributed by atoms with Crippen LogP contribution < -0.4 is 10.1 Å². The maximum absolute atomic E-state index is 6.15. The Labute approximate surface area is 178 Å². The van der Waals surface area contributed by atoms with Crippen molar-refractivity contribution in [1.29, 1.82) is 0 Å². The number of piperidine rings is 1. The number of nitrogens with one attached hydrogen (secondary N) is 1. The molecule has 2 aromatic rings. The molecule has 0 aromatic carbocycles. The second kappa shape index (κ2) is 12.2. The van der Waals surface area contributed by atoms with Gasteiger partial charge in [0.05, 0.1) is 0 Å². The Morgan fingerprint density at radius 1 is 1.04 bits per heavy atom. The van der Waals surface area contributed by atoms with Crippen LogP contribution in [0.3, 0.4) is 0 Å². The topological polar surface area (TPSA) is 56.3 Å². The summed E-state index contributed by atoms with van der Waals surface area (Å²) in [6, 6.07) is 7.97. The number of aryl methyl sites for hydroxylation is 1. The summed E-state index contributed by atoms with van der Waals surface area (Å²) in [5.74, 6) is 1.39. The summed E-state index contributed by atoms with van der Waals surface area (Å²) in [4.78, 5) is 8.31. The monoisotopic (exact) mass is 425 g/mol. The zero-order valence-corrected chi connectivity index (χ0v) is 17.8. The van der Waals surface area contributed by atoms with Crippen LogP contribution in [-0.2, 0) is 4.74 Å². The number of aromatic nitrogens is 2. The quantitative estimate of drug-likeness (QED) is 0.729. The van der Waals surface area contributed by atoms with E-state index in [9.17, 15) is 0 Å². The average molecular weight is 426 g/mol. The summed E-state index contributed by atoms with van der Waals surface area (Å²) in [6.07, 6.45) is 8.12. The van der Waals surface area contributed by atoms with E-state index in [1.165, 1.54) is 5.56 Å². The number of ether oxygens (including phenoxy) is 2. The van der Waals surface area contributed by atoms with Crippen LogP contribution in [0.4, 0.5) is 0 Å². The van der Waals surface area contributed by atoms with E-state index in [1.54, 1.807) is 6.20 Å². The summed E-state index contributed by atoms with van der Waals surface area (Å²) in [5.41, 5.74) is 2.29. The van der Waals surface area contributed by atoms with Gasteiger partial charge >= 0.3 is 0 Å². The summed E-state index contributed by atoms with van der Waals surface area (Å²) < 4.78 is 11.6. The molecule has 28 heavy (non-hydrogen) atoms. The van der Waals surface area contributed by atoms with Crippen LogP contribution in [-0.4, -0.2) is 42.4 Å². The number of halogens is 2. The molecule has 0 bridgehead atoms. The fourth-order valence-electron chi connectivity index (χ4n) is 3.36. The van der Waals surface area contributed by atoms with E-state index in [1.807, 2.05) is 31.3 Å². The predicted octanol–water partition coefficient (Wildman–Crippen LogP) is 4.57. The molecule has 1 N–H and O–H groups in total. The Hall–Kier alpha value is -1.40. The van der Waals surface area contributed by atoms with Gasteiger partial charge in [-0.2, -0.15) is 0 Å². The normalized spacial score (nSPS) is 17.8. The molecular weight excluding hydrogens is 397 g/mol. The number of hydrogen-bond donors (Lipinski definition) is 1. The molecule has 0 atom stereocenters.